The van der Waals surface area contributed by atoms with Crippen LogP contribution in [0, 0.1) is 13.8 Å². The molecule has 3 aromatic rings. The number of carbonyl (C=O) groups is 1. The van der Waals surface area contributed by atoms with E-state index in [0.29, 0.717) is 6.42 Å². The van der Waals surface area contributed by atoms with Crippen LogP contribution in [-0.2, 0) is 11.2 Å². The van der Waals surface area contributed by atoms with Gasteiger partial charge >= 0.3 is 0 Å². The normalized spacial score (nSPS) is 15.8. The molecule has 162 valence electrons. The fourth-order valence-corrected chi connectivity index (χ4v) is 4.58. The number of benzene rings is 2. The number of aromatic nitrogens is 2. The number of amides is 1. The molecule has 1 saturated heterocycles. The fraction of sp³-hybridized carbons (Fsp3) is 0.360. The molecule has 31 heavy (non-hydrogen) atoms. The quantitative estimate of drug-likeness (QED) is 0.616. The molecule has 1 amide bonds. The summed E-state index contributed by atoms with van der Waals surface area (Å²) in [6.07, 6.45) is 1.27. The monoisotopic (exact) mass is 436 g/mol. The van der Waals surface area contributed by atoms with Crippen LogP contribution in [0.5, 0.6) is 0 Å². The maximum atomic E-state index is 12.8. The lowest BCUT2D eigenvalue weighted by Crippen LogP contribution is -2.49. The first kappa shape index (κ1) is 21.6. The van der Waals surface area contributed by atoms with Crippen molar-refractivity contribution in [1.82, 2.24) is 20.0 Å². The van der Waals surface area contributed by atoms with Crippen molar-refractivity contribution in [3.05, 3.63) is 87.7 Å². The summed E-state index contributed by atoms with van der Waals surface area (Å²) in [7, 11) is 0. The zero-order chi connectivity index (χ0) is 21.8. The highest BCUT2D eigenvalue weighted by molar-refractivity contribution is 6.30. The van der Waals surface area contributed by atoms with Crippen LogP contribution in [-0.4, -0.2) is 52.1 Å². The van der Waals surface area contributed by atoms with Gasteiger partial charge in [-0.25, -0.2) is 0 Å². The van der Waals surface area contributed by atoms with Gasteiger partial charge in [-0.05, 0) is 49.1 Å². The minimum Gasteiger partial charge on any atom is -0.340 e. The highest BCUT2D eigenvalue weighted by Crippen LogP contribution is 2.30. The van der Waals surface area contributed by atoms with Gasteiger partial charge < -0.3 is 4.90 Å². The molecular formula is C25H29ClN4O. The highest BCUT2D eigenvalue weighted by atomic mass is 35.5. The largest absolute Gasteiger partial charge is 0.340 e. The Bertz CT molecular complexity index is 988. The number of hydrogen-bond acceptors (Lipinski definition) is 3. The SMILES string of the molecule is Cc1n[nH]c(C)c1CCC(=O)N1CCN([C@@H](c2ccccc2)c2ccc(Cl)cc2)CC1. The van der Waals surface area contributed by atoms with Gasteiger partial charge in [0.1, 0.15) is 0 Å². The second-order valence-corrected chi connectivity index (χ2v) is 8.63. The average Bonchev–Trinajstić information content (AvgIpc) is 3.12. The van der Waals surface area contributed by atoms with E-state index in [1.807, 2.05) is 36.9 Å². The van der Waals surface area contributed by atoms with E-state index in [2.05, 4.69) is 51.5 Å². The lowest BCUT2D eigenvalue weighted by molar-refractivity contribution is -0.133. The van der Waals surface area contributed by atoms with Crippen molar-refractivity contribution in [2.45, 2.75) is 32.7 Å². The van der Waals surface area contributed by atoms with Crippen molar-refractivity contribution < 1.29 is 4.79 Å². The number of hydrogen-bond donors (Lipinski definition) is 1. The summed E-state index contributed by atoms with van der Waals surface area (Å²) in [6.45, 7) is 7.19. The van der Waals surface area contributed by atoms with Gasteiger partial charge in [-0.2, -0.15) is 5.10 Å². The predicted molar refractivity (Wildman–Crippen MR) is 124 cm³/mol. The number of piperazine rings is 1. The van der Waals surface area contributed by atoms with Gasteiger partial charge in [-0.3, -0.25) is 14.8 Å². The van der Waals surface area contributed by atoms with Gasteiger partial charge in [0.05, 0.1) is 11.7 Å². The maximum absolute atomic E-state index is 12.8. The molecule has 0 saturated carbocycles. The van der Waals surface area contributed by atoms with Gasteiger partial charge in [0.2, 0.25) is 5.91 Å². The first-order chi connectivity index (χ1) is 15.0. The van der Waals surface area contributed by atoms with Crippen molar-refractivity contribution in [2.24, 2.45) is 0 Å². The molecule has 4 rings (SSSR count). The molecule has 1 N–H and O–H groups in total. The third kappa shape index (κ3) is 5.00. The summed E-state index contributed by atoms with van der Waals surface area (Å²) in [6, 6.07) is 18.8. The number of nitrogens with zero attached hydrogens (tertiary/aromatic N) is 3. The van der Waals surface area contributed by atoms with Crippen molar-refractivity contribution in [3.63, 3.8) is 0 Å². The standard InChI is InChI=1S/C25H29ClN4O/c1-18-23(19(2)28-27-18)12-13-24(31)29-14-16-30(17-15-29)25(20-6-4-3-5-7-20)21-8-10-22(26)11-9-21/h3-11,25H,12-17H2,1-2H3,(H,27,28)/t25-/m0/s1. The Balaban J connectivity index is 1.41. The van der Waals surface area contributed by atoms with E-state index in [9.17, 15) is 4.79 Å². The van der Waals surface area contributed by atoms with Crippen molar-refractivity contribution >= 4 is 17.5 Å². The van der Waals surface area contributed by atoms with Crippen LogP contribution in [0.2, 0.25) is 5.02 Å². The number of halogens is 1. The molecule has 5 nitrogen and oxygen atoms in total. The lowest BCUT2D eigenvalue weighted by Gasteiger charge is -2.40. The van der Waals surface area contributed by atoms with Crippen molar-refractivity contribution in [3.8, 4) is 0 Å². The molecular weight excluding hydrogens is 408 g/mol. The van der Waals surface area contributed by atoms with Gasteiger partial charge in [-0.15, -0.1) is 0 Å². The van der Waals surface area contributed by atoms with E-state index in [1.165, 1.54) is 16.7 Å². The summed E-state index contributed by atoms with van der Waals surface area (Å²) >= 11 is 6.12. The predicted octanol–water partition coefficient (Wildman–Crippen LogP) is 4.55. The summed E-state index contributed by atoms with van der Waals surface area (Å²) < 4.78 is 0. The summed E-state index contributed by atoms with van der Waals surface area (Å²) in [4.78, 5) is 17.3. The van der Waals surface area contributed by atoms with E-state index in [0.717, 1.165) is 49.0 Å². The van der Waals surface area contributed by atoms with E-state index in [-0.39, 0.29) is 11.9 Å². The second-order valence-electron chi connectivity index (χ2n) is 8.19. The number of carbonyl (C=O) groups excluding carboxylic acids is 1. The molecule has 0 unspecified atom stereocenters. The average molecular weight is 437 g/mol. The third-order valence-corrected chi connectivity index (χ3v) is 6.45. The lowest BCUT2D eigenvalue weighted by atomic mass is 9.96. The number of aryl methyl sites for hydroxylation is 2. The number of H-pyrrole nitrogens is 1. The summed E-state index contributed by atoms with van der Waals surface area (Å²) in [5, 5.41) is 7.98. The molecule has 2 aromatic carbocycles. The van der Waals surface area contributed by atoms with E-state index < -0.39 is 0 Å². The van der Waals surface area contributed by atoms with Crippen LogP contribution in [0.1, 0.15) is 40.5 Å². The second kappa shape index (κ2) is 9.67. The van der Waals surface area contributed by atoms with Gasteiger partial charge in [0.15, 0.2) is 0 Å². The molecule has 1 atom stereocenters. The highest BCUT2D eigenvalue weighted by Gasteiger charge is 2.28. The molecule has 1 aromatic heterocycles. The fourth-order valence-electron chi connectivity index (χ4n) is 4.46. The summed E-state index contributed by atoms with van der Waals surface area (Å²) in [5.74, 6) is 0.224. The Morgan fingerprint density at radius 3 is 2.26 bits per heavy atom. The Hall–Kier alpha value is -2.63. The molecule has 1 aliphatic heterocycles. The summed E-state index contributed by atoms with van der Waals surface area (Å²) in [5.41, 5.74) is 5.70. The maximum Gasteiger partial charge on any atom is 0.222 e. The van der Waals surface area contributed by atoms with Crippen LogP contribution < -0.4 is 0 Å². The first-order valence-electron chi connectivity index (χ1n) is 10.9. The van der Waals surface area contributed by atoms with Crippen LogP contribution in [0.4, 0.5) is 0 Å². The van der Waals surface area contributed by atoms with E-state index >= 15 is 0 Å². The van der Waals surface area contributed by atoms with E-state index in [1.54, 1.807) is 0 Å². The Morgan fingerprint density at radius 1 is 1.00 bits per heavy atom. The molecule has 2 heterocycles. The molecule has 0 spiro atoms. The number of nitrogens with one attached hydrogen (secondary N) is 1. The van der Waals surface area contributed by atoms with Crippen LogP contribution in [0.25, 0.3) is 0 Å². The Morgan fingerprint density at radius 2 is 1.65 bits per heavy atom. The third-order valence-electron chi connectivity index (χ3n) is 6.20. The minimum absolute atomic E-state index is 0.159. The van der Waals surface area contributed by atoms with Gasteiger partial charge in [0.25, 0.3) is 0 Å². The van der Waals surface area contributed by atoms with Crippen LogP contribution in [0.3, 0.4) is 0 Å². The minimum atomic E-state index is 0.159. The molecule has 0 bridgehead atoms. The zero-order valence-corrected chi connectivity index (χ0v) is 18.9. The number of aromatic amines is 1. The van der Waals surface area contributed by atoms with Gasteiger partial charge in [-0.1, -0.05) is 54.1 Å². The Labute approximate surface area is 189 Å². The van der Waals surface area contributed by atoms with Crippen LogP contribution in [0.15, 0.2) is 54.6 Å². The van der Waals surface area contributed by atoms with Crippen LogP contribution >= 0.6 is 11.6 Å². The molecule has 0 radical (unpaired) electrons. The van der Waals surface area contributed by atoms with Gasteiger partial charge in [0, 0.05) is 43.3 Å². The Kier molecular flexibility index (Phi) is 6.73. The van der Waals surface area contributed by atoms with E-state index in [4.69, 9.17) is 11.6 Å². The zero-order valence-electron chi connectivity index (χ0n) is 18.1. The molecule has 0 aliphatic carbocycles. The molecule has 1 aliphatic rings. The number of rotatable bonds is 6. The topological polar surface area (TPSA) is 52.2 Å². The smallest absolute Gasteiger partial charge is 0.222 e. The molecule has 1 fully saturated rings. The molecule has 6 heteroatoms. The van der Waals surface area contributed by atoms with Crippen molar-refractivity contribution in [2.75, 3.05) is 26.2 Å². The first-order valence-corrected chi connectivity index (χ1v) is 11.2. The van der Waals surface area contributed by atoms with Crippen molar-refractivity contribution in [1.29, 1.82) is 0 Å².